The van der Waals surface area contributed by atoms with Crippen LogP contribution in [0, 0.1) is 11.3 Å². The van der Waals surface area contributed by atoms with Gasteiger partial charge in [-0.05, 0) is 133 Å². The van der Waals surface area contributed by atoms with Crippen molar-refractivity contribution in [1.82, 2.24) is 47.9 Å². The van der Waals surface area contributed by atoms with Gasteiger partial charge in [0.05, 0.1) is 60.3 Å². The van der Waals surface area contributed by atoms with Crippen LogP contribution in [0.25, 0.3) is 11.1 Å². The zero-order valence-corrected chi connectivity index (χ0v) is 64.8. The second-order valence-electron chi connectivity index (χ2n) is 29.5. The number of aliphatic hydroxyl groups excluding tert-OH is 6. The van der Waals surface area contributed by atoms with Gasteiger partial charge in [0.1, 0.15) is 89.5 Å². The van der Waals surface area contributed by atoms with E-state index in [9.17, 15) is 69.9 Å². The van der Waals surface area contributed by atoms with Crippen LogP contribution in [0.3, 0.4) is 0 Å². The molecule has 18 atom stereocenters. The lowest BCUT2D eigenvalue weighted by Crippen LogP contribution is -2.64. The molecule has 117 heavy (non-hydrogen) atoms. The highest BCUT2D eigenvalue weighted by Crippen LogP contribution is 2.50. The van der Waals surface area contributed by atoms with Crippen LogP contribution >= 0.6 is 23.2 Å². The Hall–Kier alpha value is -11.2. The molecule has 0 saturated carbocycles. The van der Waals surface area contributed by atoms with Gasteiger partial charge >= 0.3 is 0 Å². The number of benzene rings is 6. The number of carbonyl (C=O) groups is 9. The number of nitrogens with two attached hydrogens (primary N) is 3. The summed E-state index contributed by atoms with van der Waals surface area (Å²) in [6.45, 7) is 4.90. The lowest BCUT2D eigenvalue weighted by Gasteiger charge is -2.47. The van der Waals surface area contributed by atoms with Crippen molar-refractivity contribution in [2.24, 2.45) is 23.1 Å². The first kappa shape index (κ1) is 86.6. The molecule has 7 aliphatic rings. The van der Waals surface area contributed by atoms with Gasteiger partial charge in [-0.1, -0.05) is 67.4 Å². The van der Waals surface area contributed by atoms with E-state index >= 15 is 19.2 Å². The van der Waals surface area contributed by atoms with Gasteiger partial charge in [-0.3, -0.25) is 48.6 Å². The van der Waals surface area contributed by atoms with Crippen LogP contribution < -0.4 is 84.6 Å². The summed E-state index contributed by atoms with van der Waals surface area (Å²) in [4.78, 5) is 134. The molecule has 2 fully saturated rings. The Morgan fingerprint density at radius 3 is 2.02 bits per heavy atom. The lowest BCUT2D eigenvalue weighted by atomic mass is 9.86. The van der Waals surface area contributed by atoms with E-state index in [0.717, 1.165) is 60.7 Å². The highest BCUT2D eigenvalue weighted by atomic mass is 35.5. The van der Waals surface area contributed by atoms with Crippen molar-refractivity contribution in [2.75, 3.05) is 25.5 Å². The average Bonchev–Trinajstić information content (AvgIpc) is 1.34. The molecule has 11 bridgehead atoms. The molecule has 0 aliphatic carbocycles. The zero-order valence-electron chi connectivity index (χ0n) is 63.3. The molecule has 9 amide bonds. The molecule has 6 aromatic rings. The van der Waals surface area contributed by atoms with E-state index in [1.807, 2.05) is 13.8 Å². The van der Waals surface area contributed by atoms with Crippen LogP contribution in [0.5, 0.6) is 46.0 Å². The number of phenols is 3. The summed E-state index contributed by atoms with van der Waals surface area (Å²) in [5.41, 5.74) is 14.7. The molecular weight excluding hydrogens is 1580 g/mol. The predicted octanol–water partition coefficient (Wildman–Crippen LogP) is 0.150. The summed E-state index contributed by atoms with van der Waals surface area (Å²) in [6.07, 6.45) is -19.7. The summed E-state index contributed by atoms with van der Waals surface area (Å²) in [5, 5.41) is 138. The monoisotopic (exact) mass is 1660 g/mol. The van der Waals surface area contributed by atoms with Crippen LogP contribution in [0.15, 0.2) is 103 Å². The van der Waals surface area contributed by atoms with Crippen molar-refractivity contribution in [2.45, 2.75) is 169 Å². The van der Waals surface area contributed by atoms with Gasteiger partial charge in [-0.25, -0.2) is 0 Å². The minimum Gasteiger partial charge on any atom is -0.508 e. The molecule has 2 saturated heterocycles. The number of aliphatic hydroxyl groups is 6. The normalized spacial score (nSPS) is 26.9. The molecule has 6 aromatic carbocycles. The average molecular weight is 1670 g/mol. The second kappa shape index (κ2) is 36.5. The Morgan fingerprint density at radius 2 is 1.39 bits per heavy atom. The molecule has 0 aromatic heterocycles. The predicted molar refractivity (Wildman–Crippen MR) is 413 cm³/mol. The number of ether oxygens (including phenoxy) is 6. The van der Waals surface area contributed by atoms with Crippen LogP contribution in [0.1, 0.15) is 117 Å². The highest BCUT2D eigenvalue weighted by molar-refractivity contribution is 6.32. The van der Waals surface area contributed by atoms with Gasteiger partial charge < -0.3 is 145 Å². The number of nitrogens with one attached hydrogen (secondary N) is 11. The number of guanidine groups is 1. The summed E-state index contributed by atoms with van der Waals surface area (Å²) < 4.78 is 38.7. The topological polar surface area (TPSA) is 613 Å². The number of fused-ring (bicyclic) bond motifs is 15. The number of anilines is 1. The van der Waals surface area contributed by atoms with Gasteiger partial charge in [0, 0.05) is 41.4 Å². The lowest BCUT2D eigenvalue weighted by molar-refractivity contribution is -0.333. The van der Waals surface area contributed by atoms with E-state index in [1.165, 1.54) is 45.2 Å². The number of hydrogen-bond donors (Lipinski definition) is 23. The van der Waals surface area contributed by atoms with Crippen molar-refractivity contribution >= 4 is 88.0 Å². The van der Waals surface area contributed by atoms with Gasteiger partial charge in [-0.15, -0.1) is 0 Å². The number of amides is 9. The zero-order chi connectivity index (χ0) is 84.9. The molecule has 0 radical (unpaired) electrons. The van der Waals surface area contributed by atoms with Crippen LogP contribution in [0.4, 0.5) is 5.69 Å². The third kappa shape index (κ3) is 20.1. The third-order valence-corrected chi connectivity index (χ3v) is 20.7. The number of carbonyl (C=O) groups excluding carboxylic acids is 9. The molecule has 7 heterocycles. The van der Waals surface area contributed by atoms with E-state index in [-0.39, 0.29) is 64.4 Å². The maximum absolute atomic E-state index is 16.3. The summed E-state index contributed by atoms with van der Waals surface area (Å²) >= 11 is 14.3. The minimum absolute atomic E-state index is 0.0932. The van der Waals surface area contributed by atoms with Gasteiger partial charge in [0.25, 0.3) is 0 Å². The van der Waals surface area contributed by atoms with E-state index in [4.69, 9.17) is 74.2 Å². The highest BCUT2D eigenvalue weighted by Gasteiger charge is 2.52. The summed E-state index contributed by atoms with van der Waals surface area (Å²) in [6, 6.07) is 6.65. The van der Waals surface area contributed by atoms with Crippen molar-refractivity contribution in [3.63, 3.8) is 0 Å². The van der Waals surface area contributed by atoms with Gasteiger partial charge in [0.15, 0.2) is 29.9 Å². The minimum atomic E-state index is -2.31. The molecule has 0 unspecified atom stereocenters. The molecule has 40 heteroatoms. The Bertz CT molecular complexity index is 4830. The molecule has 0 spiro atoms. The molecule has 38 nitrogen and oxygen atoms in total. The van der Waals surface area contributed by atoms with E-state index < -0.39 is 256 Å². The molecule has 26 N–H and O–H groups in total. The maximum atomic E-state index is 16.3. The molecule has 626 valence electrons. The standard InChI is InChI=1S/C77H90Cl2N14O24/c1-30(2)15-44(84-5)69(106)93-61-63(102)35-11-14-49(42(79)19-35)114-51-21-36-20-50(66(51)117-75-67(65(104)64(103)52(29-94)115-75)116-56-26-77(4,83)68(105)31(3)112-56)113-48-13-10-34(18-41(48)78)62(101)60-74(111)92-59(71(108)85-28-55(100)87-37-8-6-7-32(16-37)27-86-76(81)82)40-22-38(95)23-47(97)57(40)39-17-33(9-12-46(39)96)43(25-54(99)90-60)88-72(109)58(36)91-70(107)45(24-53(80)98)89-73(61)110/h6-14,16-23,30-31,43-45,52,56,58-65,67-68,75,84,94-97,101-105H,15,24-29,83H2,1-5H3,(H2,80,98)(H,85,108)(H,87,100)(H,88,109)(H,89,110)(H,90,99)(H,91,107)(H,92,111)(H,93,106)(H4,81,82,86)/t31-,43-,44+,45-,52+,56-,58+,59-,60-,61+,62+,63+,64+,65-,67+,68+,75-,77-/m0/s1. The molecule has 13 rings (SSSR count). The number of primary amides is 1. The fourth-order valence-electron chi connectivity index (χ4n) is 14.1. The SMILES string of the molecule is CN[C@H](CC(C)C)C(=O)N[C@H]1C(=O)N[C@@H](CC(N)=O)C(=O)N[C@H]2C(=O)N[C@H]3CC(=O)N[C@H](C(=O)N[C@H](C(=O)NCC(=O)Nc4cccc(CNC(=N)N)c4)c4cc(O)cc(O)c4-c4cc3ccc4O)[C@H](O)c3ccc(c(Cl)c3)Oc3cc2cc(c3O[C@@H]2O[C@H](CO)[C@@H](O)[C@H](O)[C@H]2O[C@H]2C[C@](C)(N)[C@H](O)[C@H](C)O2)Oc2ccc(cc2Cl)[C@H]1O. The maximum Gasteiger partial charge on any atom is 0.247 e. The Labute approximate surface area is 677 Å². The summed E-state index contributed by atoms with van der Waals surface area (Å²) in [5.74, 6) is -16.2. The number of halogens is 2. The first-order valence-corrected chi connectivity index (χ1v) is 37.6. The number of likely N-dealkylation sites (N-methyl/N-ethyl adjacent to an activating group) is 1. The first-order valence-electron chi connectivity index (χ1n) is 36.8. The molecule has 7 aliphatic heterocycles. The van der Waals surface area contributed by atoms with Crippen LogP contribution in [0.2, 0.25) is 10.0 Å². The fourth-order valence-corrected chi connectivity index (χ4v) is 14.6. The second-order valence-corrected chi connectivity index (χ2v) is 30.3. The smallest absolute Gasteiger partial charge is 0.247 e. The van der Waals surface area contributed by atoms with Crippen molar-refractivity contribution in [1.29, 1.82) is 5.41 Å². The number of hydrogen-bond acceptors (Lipinski definition) is 27. The van der Waals surface area contributed by atoms with E-state index in [2.05, 4.69) is 53.2 Å². The van der Waals surface area contributed by atoms with Gasteiger partial charge in [-0.2, -0.15) is 0 Å². The fraction of sp³-hybridized carbons (Fsp3) is 0.403. The van der Waals surface area contributed by atoms with Crippen molar-refractivity contribution < 1.29 is 118 Å². The van der Waals surface area contributed by atoms with Crippen molar-refractivity contribution in [3.8, 4) is 57.1 Å². The summed E-state index contributed by atoms with van der Waals surface area (Å²) in [7, 11) is 1.47. The number of rotatable bonds is 18. The Kier molecular flexibility index (Phi) is 27.0. The quantitative estimate of drug-likeness (QED) is 0.0402. The van der Waals surface area contributed by atoms with E-state index in [1.54, 1.807) is 18.2 Å². The molecular formula is C77H90Cl2N14O24. The number of aromatic hydroxyl groups is 3. The van der Waals surface area contributed by atoms with E-state index in [0.29, 0.717) is 5.56 Å². The largest absolute Gasteiger partial charge is 0.508 e. The Balaban J connectivity index is 1.12. The third-order valence-electron chi connectivity index (χ3n) is 20.1. The van der Waals surface area contributed by atoms with Crippen molar-refractivity contribution in [3.05, 3.63) is 147 Å². The van der Waals surface area contributed by atoms with Crippen LogP contribution in [-0.2, 0) is 63.9 Å². The number of phenolic OH excluding ortho intramolecular Hbond substituents is 3. The Morgan fingerprint density at radius 1 is 0.726 bits per heavy atom. The van der Waals surface area contributed by atoms with Crippen LogP contribution in [-0.4, -0.2) is 204 Å². The van der Waals surface area contributed by atoms with Gasteiger partial charge in [0.2, 0.25) is 65.2 Å². The first-order chi connectivity index (χ1) is 55.4.